The number of nitrogens with zero attached hydrogens (tertiary/aromatic N) is 4. The molecule has 3 aliphatic heterocycles. The molecule has 0 spiro atoms. The van der Waals surface area contributed by atoms with E-state index < -0.39 is 95.9 Å². The second kappa shape index (κ2) is 19.0. The number of imide groups is 4. The van der Waals surface area contributed by atoms with Crippen molar-refractivity contribution in [2.45, 2.75) is 49.0 Å². The molecule has 0 aromatic rings. The first-order chi connectivity index (χ1) is 23.3. The first kappa shape index (κ1) is 39.2. The van der Waals surface area contributed by atoms with Gasteiger partial charge >= 0.3 is 24.0 Å². The predicted octanol–water partition coefficient (Wildman–Crippen LogP) is -1.57. The predicted molar refractivity (Wildman–Crippen MR) is 166 cm³/mol. The van der Waals surface area contributed by atoms with E-state index >= 15 is 0 Å². The molecular formula is C27H36N6O14S2. The lowest BCUT2D eigenvalue weighted by Crippen LogP contribution is -2.61. The Kier molecular flexibility index (Phi) is 15.2. The number of aliphatic carboxylic acids is 2. The highest BCUT2D eigenvalue weighted by atomic mass is 32.2. The minimum absolute atomic E-state index is 0.168. The van der Waals surface area contributed by atoms with Crippen molar-refractivity contribution in [2.75, 3.05) is 57.7 Å². The molecule has 3 aliphatic rings. The third-order valence-electron chi connectivity index (χ3n) is 7.07. The van der Waals surface area contributed by atoms with Gasteiger partial charge in [-0.15, -0.1) is 23.5 Å². The van der Waals surface area contributed by atoms with E-state index in [0.29, 0.717) is 0 Å². The number of hydrogen-bond donors (Lipinski definition) is 4. The van der Waals surface area contributed by atoms with Crippen molar-refractivity contribution in [3.05, 3.63) is 0 Å². The second-order valence-electron chi connectivity index (χ2n) is 10.5. The van der Waals surface area contributed by atoms with Gasteiger partial charge in [0.2, 0.25) is 23.6 Å². The number of carboxylic acid groups (broad SMARTS) is 2. The average Bonchev–Trinajstić information content (AvgIpc) is 3.46. The Morgan fingerprint density at radius 1 is 0.633 bits per heavy atom. The van der Waals surface area contributed by atoms with Crippen molar-refractivity contribution >= 4 is 83.0 Å². The van der Waals surface area contributed by atoms with E-state index in [2.05, 4.69) is 10.6 Å². The van der Waals surface area contributed by atoms with Crippen molar-refractivity contribution in [1.29, 1.82) is 0 Å². The van der Waals surface area contributed by atoms with Crippen LogP contribution in [0, 0.1) is 0 Å². The van der Waals surface area contributed by atoms with Crippen LogP contribution < -0.4 is 10.6 Å². The quantitative estimate of drug-likeness (QED) is 0.130. The molecule has 49 heavy (non-hydrogen) atoms. The fourth-order valence-corrected chi connectivity index (χ4v) is 7.32. The fraction of sp³-hybridized carbons (Fsp3) is 0.630. The maximum Gasteiger partial charge on any atom is 0.344 e. The molecule has 0 aromatic heterocycles. The molecule has 4 bridgehead atoms. The van der Waals surface area contributed by atoms with E-state index in [4.69, 9.17) is 19.7 Å². The molecule has 3 saturated heterocycles. The summed E-state index contributed by atoms with van der Waals surface area (Å²) >= 11 is 2.21. The third-order valence-corrected chi connectivity index (χ3v) is 9.70. The highest BCUT2D eigenvalue weighted by Gasteiger charge is 2.44. The van der Waals surface area contributed by atoms with Crippen LogP contribution in [0.5, 0.6) is 0 Å². The molecule has 2 atom stereocenters. The van der Waals surface area contributed by atoms with Crippen LogP contribution in [0.25, 0.3) is 0 Å². The van der Waals surface area contributed by atoms with Crippen LogP contribution >= 0.6 is 23.5 Å². The highest BCUT2D eigenvalue weighted by Crippen LogP contribution is 2.33. The van der Waals surface area contributed by atoms with E-state index in [1.165, 1.54) is 0 Å². The number of ether oxygens (including phenoxy) is 2. The lowest BCUT2D eigenvalue weighted by atomic mass is 10.3. The normalized spacial score (nSPS) is 20.9. The fourth-order valence-electron chi connectivity index (χ4n) is 4.63. The summed E-state index contributed by atoms with van der Waals surface area (Å²) in [6.45, 7) is -2.39. The summed E-state index contributed by atoms with van der Waals surface area (Å²) in [6.07, 6.45) is -2.39. The van der Waals surface area contributed by atoms with Gasteiger partial charge in [0, 0.05) is 56.9 Å². The lowest BCUT2D eigenvalue weighted by Gasteiger charge is -2.32. The summed E-state index contributed by atoms with van der Waals surface area (Å²) in [6, 6.07) is -2.61. The summed E-state index contributed by atoms with van der Waals surface area (Å²) in [7, 11) is 0. The molecule has 0 aromatic carbocycles. The first-order valence-electron chi connectivity index (χ1n) is 15.0. The number of carboxylic acids is 2. The van der Waals surface area contributed by atoms with Gasteiger partial charge in [0.25, 0.3) is 11.8 Å². The number of thioether (sulfide) groups is 2. The smallest absolute Gasteiger partial charge is 0.344 e. The number of amides is 10. The van der Waals surface area contributed by atoms with Crippen molar-refractivity contribution in [2.24, 2.45) is 0 Å². The van der Waals surface area contributed by atoms with Crippen LogP contribution in [0.1, 0.15) is 38.5 Å². The number of nitrogens with one attached hydrogen (secondary N) is 2. The van der Waals surface area contributed by atoms with E-state index in [-0.39, 0.29) is 80.3 Å². The molecule has 3 heterocycles. The molecule has 3 rings (SSSR count). The van der Waals surface area contributed by atoms with Gasteiger partial charge in [0.15, 0.2) is 0 Å². The van der Waals surface area contributed by atoms with E-state index in [1.54, 1.807) is 0 Å². The first-order valence-corrected chi connectivity index (χ1v) is 17.1. The van der Waals surface area contributed by atoms with Gasteiger partial charge in [-0.3, -0.25) is 48.2 Å². The number of rotatable bonds is 12. The minimum Gasteiger partial charge on any atom is -0.481 e. The summed E-state index contributed by atoms with van der Waals surface area (Å²) in [5, 5.41) is 21.0. The summed E-state index contributed by atoms with van der Waals surface area (Å²) in [4.78, 5) is 128. The van der Waals surface area contributed by atoms with Gasteiger partial charge in [-0.05, 0) is 0 Å². The van der Waals surface area contributed by atoms with E-state index in [0.717, 1.165) is 33.3 Å². The number of fused-ring (bicyclic) bond motifs is 4. The second-order valence-corrected chi connectivity index (χ2v) is 13.2. The largest absolute Gasteiger partial charge is 0.481 e. The van der Waals surface area contributed by atoms with Gasteiger partial charge < -0.3 is 30.3 Å². The van der Waals surface area contributed by atoms with Gasteiger partial charge in [-0.1, -0.05) is 0 Å². The van der Waals surface area contributed by atoms with Crippen LogP contribution in [-0.2, 0) is 47.8 Å². The number of hydrazine groups is 1. The van der Waals surface area contributed by atoms with Crippen molar-refractivity contribution in [3.8, 4) is 0 Å². The number of urea groups is 2. The number of carbonyl (C=O) groups is 10. The van der Waals surface area contributed by atoms with E-state index in [1.807, 2.05) is 0 Å². The molecule has 0 aliphatic carbocycles. The summed E-state index contributed by atoms with van der Waals surface area (Å²) in [5.74, 6) is -7.02. The van der Waals surface area contributed by atoms with Crippen molar-refractivity contribution in [3.63, 3.8) is 0 Å². The molecule has 20 nitrogen and oxygen atoms in total. The average molecular weight is 733 g/mol. The SMILES string of the molecule is O=C(O)CCOCCNC(=O)N1C(=O)CCN2C(=O)CC(SCSC3CC(=O)N(CCC(=O)N1C(=O)NCCOCCC(=O)O)C3=O)C2=O. The highest BCUT2D eigenvalue weighted by molar-refractivity contribution is 8.17. The van der Waals surface area contributed by atoms with Crippen LogP contribution in [0.15, 0.2) is 0 Å². The van der Waals surface area contributed by atoms with E-state index in [9.17, 15) is 47.9 Å². The van der Waals surface area contributed by atoms with Gasteiger partial charge in [-0.2, -0.15) is 10.0 Å². The zero-order valence-corrected chi connectivity index (χ0v) is 27.8. The van der Waals surface area contributed by atoms with Crippen molar-refractivity contribution in [1.82, 2.24) is 30.5 Å². The maximum absolute atomic E-state index is 13.6. The standard InChI is InChI=1S/C27H36N6O14S2/c34-18-1-7-30-20(36)13-16(24(30)42)48-15-49-17-14-21(37)31(25(17)43)8-2-19(35)33(27(45)29-6-12-47-10-4-23(40)41)32(18)26(44)28-5-11-46-9-3-22(38)39/h16-17H,1-15H2,(H,28,44)(H,29,45)(H,38,39)(H,40,41). The van der Waals surface area contributed by atoms with Crippen LogP contribution in [0.3, 0.4) is 0 Å². The van der Waals surface area contributed by atoms with Crippen molar-refractivity contribution < 1.29 is 67.6 Å². The van der Waals surface area contributed by atoms with Gasteiger partial charge in [0.1, 0.15) is 0 Å². The molecule has 0 saturated carbocycles. The van der Waals surface area contributed by atoms with Gasteiger partial charge in [0.05, 0.1) is 49.8 Å². The molecular weight excluding hydrogens is 696 g/mol. The molecule has 270 valence electrons. The molecule has 22 heteroatoms. The lowest BCUT2D eigenvalue weighted by molar-refractivity contribution is -0.153. The molecule has 3 fully saturated rings. The zero-order chi connectivity index (χ0) is 36.1. The Hall–Kier alpha value is -4.28. The minimum atomic E-state index is -1.30. The Morgan fingerprint density at radius 3 is 1.39 bits per heavy atom. The Balaban J connectivity index is 1.88. The number of hydrogen-bond acceptors (Lipinski definition) is 14. The zero-order valence-electron chi connectivity index (χ0n) is 26.2. The summed E-state index contributed by atoms with van der Waals surface area (Å²) in [5.41, 5.74) is 0. The molecule has 0 radical (unpaired) electrons. The molecule has 10 amide bonds. The molecule has 2 unspecified atom stereocenters. The van der Waals surface area contributed by atoms with Crippen LogP contribution in [0.2, 0.25) is 0 Å². The third kappa shape index (κ3) is 11.4. The Morgan fingerprint density at radius 2 is 1.02 bits per heavy atom. The molecule has 4 N–H and O–H groups in total. The maximum atomic E-state index is 13.6. The van der Waals surface area contributed by atoms with Crippen LogP contribution in [0.4, 0.5) is 9.59 Å². The Bertz CT molecular complexity index is 1250. The number of carbonyl (C=O) groups excluding carboxylic acids is 8. The topological polar surface area (TPSA) is 267 Å². The van der Waals surface area contributed by atoms with Crippen LogP contribution in [-0.4, -0.2) is 158 Å². The monoisotopic (exact) mass is 732 g/mol. The van der Waals surface area contributed by atoms with Gasteiger partial charge in [-0.25, -0.2) is 9.59 Å². The summed E-state index contributed by atoms with van der Waals surface area (Å²) < 4.78 is 10.2. The Labute approximate surface area is 287 Å².